The van der Waals surface area contributed by atoms with Crippen LogP contribution in [0, 0.1) is 0 Å². The minimum absolute atomic E-state index is 0.0573. The zero-order chi connectivity index (χ0) is 19.2. The first kappa shape index (κ1) is 20.0. The Bertz CT molecular complexity index is 629. The molecule has 1 atom stereocenters. The van der Waals surface area contributed by atoms with Crippen LogP contribution >= 0.6 is 0 Å². The lowest BCUT2D eigenvalue weighted by molar-refractivity contribution is 0.0927. The van der Waals surface area contributed by atoms with Crippen LogP contribution in [0.4, 0.5) is 0 Å². The van der Waals surface area contributed by atoms with Gasteiger partial charge in [-0.2, -0.15) is 0 Å². The maximum Gasteiger partial charge on any atom is 0.251 e. The van der Waals surface area contributed by atoms with Gasteiger partial charge in [-0.05, 0) is 64.5 Å². The van der Waals surface area contributed by atoms with Gasteiger partial charge >= 0.3 is 0 Å². The highest BCUT2D eigenvalue weighted by molar-refractivity contribution is 5.94. The number of piperidine rings is 2. The number of rotatable bonds is 6. The zero-order valence-electron chi connectivity index (χ0n) is 16.9. The first-order chi connectivity index (χ1) is 13.1. The highest BCUT2D eigenvalue weighted by Gasteiger charge is 2.22. The van der Waals surface area contributed by atoms with Crippen molar-refractivity contribution in [2.45, 2.75) is 44.2 Å². The molecule has 1 aromatic carbocycles. The summed E-state index contributed by atoms with van der Waals surface area (Å²) in [4.78, 5) is 17.2. The van der Waals surface area contributed by atoms with E-state index in [1.165, 1.54) is 12.8 Å². The van der Waals surface area contributed by atoms with Crippen LogP contribution in [-0.2, 0) is 0 Å². The van der Waals surface area contributed by atoms with E-state index in [-0.39, 0.29) is 12.0 Å². The molecule has 2 aliphatic heterocycles. The number of nitrogens with one attached hydrogen (secondary N) is 1. The molecule has 2 saturated heterocycles. The summed E-state index contributed by atoms with van der Waals surface area (Å²) in [7, 11) is 5.89. The van der Waals surface area contributed by atoms with Crippen LogP contribution in [0.1, 0.15) is 42.5 Å². The van der Waals surface area contributed by atoms with Crippen molar-refractivity contribution in [3.63, 3.8) is 0 Å². The first-order valence-corrected chi connectivity index (χ1v) is 10.1. The molecule has 2 fully saturated rings. The fourth-order valence-electron chi connectivity index (χ4n) is 3.90. The van der Waals surface area contributed by atoms with E-state index in [2.05, 4.69) is 29.2 Å². The molecule has 2 heterocycles. The highest BCUT2D eigenvalue weighted by Crippen LogP contribution is 2.30. The molecular formula is C21H33N3O3. The molecule has 2 aliphatic rings. The topological polar surface area (TPSA) is 54.0 Å². The van der Waals surface area contributed by atoms with Gasteiger partial charge in [-0.25, -0.2) is 0 Å². The van der Waals surface area contributed by atoms with E-state index < -0.39 is 0 Å². The number of amides is 1. The fraction of sp³-hybridized carbons (Fsp3) is 0.667. The van der Waals surface area contributed by atoms with Gasteiger partial charge in [-0.3, -0.25) is 4.79 Å². The fourth-order valence-corrected chi connectivity index (χ4v) is 3.90. The molecule has 27 heavy (non-hydrogen) atoms. The van der Waals surface area contributed by atoms with Gasteiger partial charge in [0.25, 0.3) is 5.91 Å². The van der Waals surface area contributed by atoms with Crippen LogP contribution in [0.25, 0.3) is 0 Å². The second-order valence-electron chi connectivity index (χ2n) is 7.83. The lowest BCUT2D eigenvalue weighted by atomic mass is 10.0. The van der Waals surface area contributed by atoms with Gasteiger partial charge in [0.05, 0.1) is 7.11 Å². The second kappa shape index (κ2) is 9.42. The quantitative estimate of drug-likeness (QED) is 0.827. The first-order valence-electron chi connectivity index (χ1n) is 10.1. The molecule has 6 nitrogen and oxygen atoms in total. The Kier molecular flexibility index (Phi) is 6.96. The van der Waals surface area contributed by atoms with Crippen molar-refractivity contribution in [1.29, 1.82) is 0 Å². The number of nitrogens with zero attached hydrogens (tertiary/aromatic N) is 2. The van der Waals surface area contributed by atoms with E-state index in [1.54, 1.807) is 13.2 Å². The van der Waals surface area contributed by atoms with Crippen molar-refractivity contribution in [3.05, 3.63) is 23.8 Å². The van der Waals surface area contributed by atoms with Crippen LogP contribution in [0.15, 0.2) is 18.2 Å². The number of hydrogen-bond acceptors (Lipinski definition) is 5. The predicted molar refractivity (Wildman–Crippen MR) is 107 cm³/mol. The van der Waals surface area contributed by atoms with Crippen LogP contribution < -0.4 is 14.8 Å². The van der Waals surface area contributed by atoms with Gasteiger partial charge in [0.2, 0.25) is 0 Å². The van der Waals surface area contributed by atoms with Crippen LogP contribution in [0.2, 0.25) is 0 Å². The Hall–Kier alpha value is -1.79. The Morgan fingerprint density at radius 1 is 1.11 bits per heavy atom. The number of carbonyl (C=O) groups is 1. The molecule has 0 spiro atoms. The lowest BCUT2D eigenvalue weighted by Crippen LogP contribution is -2.44. The van der Waals surface area contributed by atoms with Gasteiger partial charge in [0, 0.05) is 31.2 Å². The SMILES string of the molecule is COc1cc(C(=O)NCC2CCCCN2C)ccc1OC1CCN(C)CC1. The van der Waals surface area contributed by atoms with Crippen molar-refractivity contribution in [1.82, 2.24) is 15.1 Å². The molecule has 0 radical (unpaired) electrons. The summed E-state index contributed by atoms with van der Waals surface area (Å²) >= 11 is 0. The van der Waals surface area contributed by atoms with Gasteiger partial charge < -0.3 is 24.6 Å². The highest BCUT2D eigenvalue weighted by atomic mass is 16.5. The van der Waals surface area contributed by atoms with Gasteiger partial charge in [-0.15, -0.1) is 0 Å². The maximum absolute atomic E-state index is 12.6. The molecule has 1 amide bonds. The van der Waals surface area contributed by atoms with Crippen LogP contribution in [0.3, 0.4) is 0 Å². The second-order valence-corrected chi connectivity index (χ2v) is 7.83. The summed E-state index contributed by atoms with van der Waals surface area (Å²) in [6, 6.07) is 5.90. The minimum Gasteiger partial charge on any atom is -0.493 e. The summed E-state index contributed by atoms with van der Waals surface area (Å²) < 4.78 is 11.6. The average Bonchev–Trinajstić information content (AvgIpc) is 2.69. The van der Waals surface area contributed by atoms with Gasteiger partial charge in [0.1, 0.15) is 6.10 Å². The summed E-state index contributed by atoms with van der Waals surface area (Å²) in [5, 5.41) is 3.07. The summed E-state index contributed by atoms with van der Waals surface area (Å²) in [5.41, 5.74) is 0.612. The predicted octanol–water partition coefficient (Wildman–Crippen LogP) is 2.38. The number of likely N-dealkylation sites (N-methyl/N-ethyl adjacent to an activating group) is 1. The van der Waals surface area contributed by atoms with Crippen LogP contribution in [-0.4, -0.2) is 75.2 Å². The lowest BCUT2D eigenvalue weighted by Gasteiger charge is -2.32. The molecular weight excluding hydrogens is 342 g/mol. The number of methoxy groups -OCH3 is 1. The average molecular weight is 376 g/mol. The van der Waals surface area contributed by atoms with Crippen molar-refractivity contribution in [2.24, 2.45) is 0 Å². The van der Waals surface area contributed by atoms with E-state index in [1.807, 2.05) is 12.1 Å². The van der Waals surface area contributed by atoms with E-state index in [0.717, 1.165) is 44.6 Å². The molecule has 0 aliphatic carbocycles. The molecule has 0 aromatic heterocycles. The standard InChI is InChI=1S/C21H33N3O3/c1-23-12-9-18(10-13-23)27-19-8-7-16(14-20(19)26-3)21(25)22-15-17-6-4-5-11-24(17)2/h7-8,14,17-18H,4-6,9-13,15H2,1-3H3,(H,22,25). The molecule has 150 valence electrons. The van der Waals surface area contributed by atoms with Crippen molar-refractivity contribution in [3.8, 4) is 11.5 Å². The van der Waals surface area contributed by atoms with Crippen molar-refractivity contribution >= 4 is 5.91 Å². The van der Waals surface area contributed by atoms with Crippen LogP contribution in [0.5, 0.6) is 11.5 Å². The third-order valence-electron chi connectivity index (χ3n) is 5.80. The summed E-state index contributed by atoms with van der Waals surface area (Å²) in [5.74, 6) is 1.28. The molecule has 1 aromatic rings. The third kappa shape index (κ3) is 5.36. The molecule has 6 heteroatoms. The number of ether oxygens (including phenoxy) is 2. The maximum atomic E-state index is 12.6. The Labute approximate surface area is 162 Å². The minimum atomic E-state index is -0.0573. The molecule has 1 unspecified atom stereocenters. The number of likely N-dealkylation sites (tertiary alicyclic amines) is 2. The Morgan fingerprint density at radius 3 is 2.59 bits per heavy atom. The van der Waals surface area contributed by atoms with E-state index in [0.29, 0.717) is 23.9 Å². The Balaban J connectivity index is 1.58. The number of benzene rings is 1. The van der Waals surface area contributed by atoms with E-state index in [9.17, 15) is 4.79 Å². The molecule has 0 saturated carbocycles. The van der Waals surface area contributed by atoms with Crippen molar-refractivity contribution < 1.29 is 14.3 Å². The zero-order valence-corrected chi connectivity index (χ0v) is 16.9. The normalized spacial score (nSPS) is 22.4. The smallest absolute Gasteiger partial charge is 0.251 e. The molecule has 3 rings (SSSR count). The third-order valence-corrected chi connectivity index (χ3v) is 5.80. The summed E-state index contributed by atoms with van der Waals surface area (Å²) in [6.07, 6.45) is 5.85. The summed E-state index contributed by atoms with van der Waals surface area (Å²) in [6.45, 7) is 3.88. The number of carbonyl (C=O) groups excluding carboxylic acids is 1. The molecule has 1 N–H and O–H groups in total. The largest absolute Gasteiger partial charge is 0.493 e. The molecule has 0 bridgehead atoms. The number of hydrogen-bond donors (Lipinski definition) is 1. The van der Waals surface area contributed by atoms with Gasteiger partial charge in [-0.1, -0.05) is 6.42 Å². The monoisotopic (exact) mass is 375 g/mol. The Morgan fingerprint density at radius 2 is 1.89 bits per heavy atom. The van der Waals surface area contributed by atoms with Crippen molar-refractivity contribution in [2.75, 3.05) is 47.4 Å². The van der Waals surface area contributed by atoms with E-state index in [4.69, 9.17) is 9.47 Å². The van der Waals surface area contributed by atoms with Gasteiger partial charge in [0.15, 0.2) is 11.5 Å². The van der Waals surface area contributed by atoms with E-state index >= 15 is 0 Å².